The summed E-state index contributed by atoms with van der Waals surface area (Å²) in [5.74, 6) is 3.25. The van der Waals surface area contributed by atoms with E-state index in [-0.39, 0.29) is 40.0 Å². The number of rotatable bonds is 15. The van der Waals surface area contributed by atoms with Gasteiger partial charge in [0.25, 0.3) is 0 Å². The summed E-state index contributed by atoms with van der Waals surface area (Å²) in [5.41, 5.74) is -0.228. The maximum absolute atomic E-state index is 13.6. The molecule has 8 atom stereocenters. The molecule has 0 radical (unpaired) electrons. The van der Waals surface area contributed by atoms with Gasteiger partial charge in [0.2, 0.25) is 0 Å². The van der Waals surface area contributed by atoms with Crippen molar-refractivity contribution < 1.29 is 23.7 Å². The van der Waals surface area contributed by atoms with E-state index in [1.807, 2.05) is 6.92 Å². The molecule has 0 amide bonds. The Morgan fingerprint density at radius 2 is 1.84 bits per heavy atom. The molecule has 214 valence electrons. The standard InChI is InChI=1S/C33H52O5/c1-8-30(6,7)28(17-22(3)4)29(34)38-32-20-26-18-25-19-31(21-32,33(25,26)32)37-16-10-15-36-27-13-11-24(12-14-27)23(5)35-9-2/h11,13-14,22-26,28H,8-10,12,15-21H2,1-7H3. The van der Waals surface area contributed by atoms with Gasteiger partial charge in [0, 0.05) is 30.8 Å². The van der Waals surface area contributed by atoms with Crippen LogP contribution >= 0.6 is 0 Å². The van der Waals surface area contributed by atoms with E-state index in [0.717, 1.165) is 57.3 Å². The largest absolute Gasteiger partial charge is 0.494 e. The summed E-state index contributed by atoms with van der Waals surface area (Å²) in [4.78, 5) is 13.6. The van der Waals surface area contributed by atoms with Crippen molar-refractivity contribution in [3.8, 4) is 0 Å². The van der Waals surface area contributed by atoms with Crippen LogP contribution in [0.4, 0.5) is 0 Å². The normalized spacial score (nSPS) is 37.9. The van der Waals surface area contributed by atoms with Crippen LogP contribution in [0.25, 0.3) is 0 Å². The lowest BCUT2D eigenvalue weighted by atomic mass is 9.14. The van der Waals surface area contributed by atoms with Gasteiger partial charge in [-0.15, -0.1) is 0 Å². The lowest BCUT2D eigenvalue weighted by Gasteiger charge is -2.93. The molecule has 5 nitrogen and oxygen atoms in total. The smallest absolute Gasteiger partial charge is 0.310 e. The van der Waals surface area contributed by atoms with Gasteiger partial charge in [-0.3, -0.25) is 4.79 Å². The highest BCUT2D eigenvalue weighted by Crippen LogP contribution is 2.92. The Kier molecular flexibility index (Phi) is 7.61. The second-order valence-corrected chi connectivity index (χ2v) is 14.1. The van der Waals surface area contributed by atoms with Crippen molar-refractivity contribution in [3.05, 3.63) is 24.0 Å². The van der Waals surface area contributed by atoms with E-state index in [1.54, 1.807) is 0 Å². The van der Waals surface area contributed by atoms with E-state index >= 15 is 0 Å². The number of carbonyl (C=O) groups excluding carboxylic acids is 1. The Bertz CT molecular complexity index is 945. The lowest BCUT2D eigenvalue weighted by molar-refractivity contribution is -0.511. The zero-order valence-corrected chi connectivity index (χ0v) is 25.0. The first kappa shape index (κ1) is 28.2. The summed E-state index contributed by atoms with van der Waals surface area (Å²) in [5, 5.41) is 0. The van der Waals surface area contributed by atoms with Crippen LogP contribution in [0.5, 0.6) is 0 Å². The Balaban J connectivity index is 1.11. The van der Waals surface area contributed by atoms with Gasteiger partial charge in [-0.2, -0.15) is 0 Å². The number of carbonyl (C=O) groups is 1. The van der Waals surface area contributed by atoms with Crippen molar-refractivity contribution in [1.82, 2.24) is 0 Å². The highest BCUT2D eigenvalue weighted by atomic mass is 16.6. The molecule has 0 bridgehead atoms. The number of esters is 1. The topological polar surface area (TPSA) is 54.0 Å². The lowest BCUT2D eigenvalue weighted by Crippen LogP contribution is -2.98. The number of allylic oxidation sites excluding steroid dienone is 2. The minimum Gasteiger partial charge on any atom is -0.494 e. The van der Waals surface area contributed by atoms with Gasteiger partial charge in [-0.05, 0) is 81.3 Å². The first-order valence-corrected chi connectivity index (χ1v) is 15.5. The highest BCUT2D eigenvalue weighted by molar-refractivity contribution is 5.75. The fourth-order valence-corrected chi connectivity index (χ4v) is 9.03. The fraction of sp³-hybridized carbons (Fsp3) is 0.848. The highest BCUT2D eigenvalue weighted by Gasteiger charge is 2.97. The van der Waals surface area contributed by atoms with Crippen molar-refractivity contribution in [2.75, 3.05) is 19.8 Å². The van der Waals surface area contributed by atoms with Crippen molar-refractivity contribution in [1.29, 1.82) is 0 Å². The van der Waals surface area contributed by atoms with E-state index in [1.165, 1.54) is 6.42 Å². The molecule has 0 aliphatic heterocycles. The monoisotopic (exact) mass is 528 g/mol. The van der Waals surface area contributed by atoms with Crippen molar-refractivity contribution in [3.63, 3.8) is 0 Å². The quantitative estimate of drug-likeness (QED) is 0.166. The van der Waals surface area contributed by atoms with Crippen LogP contribution in [0.2, 0.25) is 0 Å². The summed E-state index contributed by atoms with van der Waals surface area (Å²) in [6, 6.07) is 0. The zero-order valence-electron chi connectivity index (χ0n) is 25.0. The second kappa shape index (κ2) is 10.3. The number of ether oxygens (including phenoxy) is 4. The molecule has 8 unspecified atom stereocenters. The Morgan fingerprint density at radius 3 is 2.45 bits per heavy atom. The summed E-state index contributed by atoms with van der Waals surface area (Å²) in [6.45, 7) is 17.4. The van der Waals surface area contributed by atoms with Crippen LogP contribution in [0.1, 0.15) is 99.8 Å². The Morgan fingerprint density at radius 1 is 1.11 bits per heavy atom. The summed E-state index contributed by atoms with van der Waals surface area (Å²) in [6.07, 6.45) is 14.8. The molecule has 0 heterocycles. The molecular weight excluding hydrogens is 476 g/mol. The third-order valence-electron chi connectivity index (χ3n) is 11.3. The Labute approximate surface area is 231 Å². The number of hydrogen-bond acceptors (Lipinski definition) is 5. The van der Waals surface area contributed by atoms with E-state index in [0.29, 0.717) is 36.9 Å². The average molecular weight is 529 g/mol. The third kappa shape index (κ3) is 4.21. The molecule has 0 N–H and O–H groups in total. The molecular formula is C33H52O5. The van der Waals surface area contributed by atoms with Crippen LogP contribution in [-0.4, -0.2) is 43.1 Å². The van der Waals surface area contributed by atoms with Crippen LogP contribution in [-0.2, 0) is 23.7 Å². The molecule has 1 spiro atoms. The molecule has 5 aliphatic carbocycles. The minimum absolute atomic E-state index is 0.0372. The maximum atomic E-state index is 13.6. The maximum Gasteiger partial charge on any atom is 0.310 e. The predicted octanol–water partition coefficient (Wildman–Crippen LogP) is 7.25. The van der Waals surface area contributed by atoms with Gasteiger partial charge >= 0.3 is 5.97 Å². The van der Waals surface area contributed by atoms with E-state index in [9.17, 15) is 4.79 Å². The molecule has 5 aliphatic rings. The molecule has 0 aromatic rings. The summed E-state index contributed by atoms with van der Waals surface area (Å²) >= 11 is 0. The Hall–Kier alpha value is -1.33. The van der Waals surface area contributed by atoms with E-state index < -0.39 is 0 Å². The van der Waals surface area contributed by atoms with Gasteiger partial charge in [0.1, 0.15) is 11.4 Å². The third-order valence-corrected chi connectivity index (χ3v) is 11.3. The van der Waals surface area contributed by atoms with Gasteiger partial charge in [0.15, 0.2) is 0 Å². The molecule has 5 rings (SSSR count). The number of hydrogen-bond donors (Lipinski definition) is 0. The summed E-state index contributed by atoms with van der Waals surface area (Å²) in [7, 11) is 0. The first-order valence-electron chi connectivity index (χ1n) is 15.5. The van der Waals surface area contributed by atoms with Crippen LogP contribution < -0.4 is 0 Å². The average Bonchev–Trinajstić information content (AvgIpc) is 2.83. The van der Waals surface area contributed by atoms with Gasteiger partial charge in [-0.25, -0.2) is 0 Å². The second-order valence-electron chi connectivity index (χ2n) is 14.1. The molecule has 38 heavy (non-hydrogen) atoms. The van der Waals surface area contributed by atoms with Gasteiger partial charge < -0.3 is 18.9 Å². The van der Waals surface area contributed by atoms with Gasteiger partial charge in [0.05, 0.1) is 30.8 Å². The minimum atomic E-state index is -0.252. The molecule has 4 fully saturated rings. The van der Waals surface area contributed by atoms with Gasteiger partial charge in [-0.1, -0.05) is 47.1 Å². The molecule has 0 saturated heterocycles. The zero-order chi connectivity index (χ0) is 27.3. The summed E-state index contributed by atoms with van der Waals surface area (Å²) < 4.78 is 25.0. The molecule has 4 saturated carbocycles. The van der Waals surface area contributed by atoms with Crippen molar-refractivity contribution in [2.24, 2.45) is 40.4 Å². The predicted molar refractivity (Wildman–Crippen MR) is 149 cm³/mol. The van der Waals surface area contributed by atoms with Crippen molar-refractivity contribution >= 4 is 5.97 Å². The first-order chi connectivity index (χ1) is 18.0. The van der Waals surface area contributed by atoms with E-state index in [4.69, 9.17) is 18.9 Å². The molecule has 5 heteroatoms. The fourth-order valence-electron chi connectivity index (χ4n) is 9.03. The van der Waals surface area contributed by atoms with Crippen LogP contribution in [0.15, 0.2) is 24.0 Å². The van der Waals surface area contributed by atoms with Crippen LogP contribution in [0, 0.1) is 40.4 Å². The van der Waals surface area contributed by atoms with Crippen molar-refractivity contribution in [2.45, 2.75) is 117 Å². The molecule has 0 aromatic heterocycles. The van der Waals surface area contributed by atoms with E-state index in [2.05, 4.69) is 59.8 Å². The van der Waals surface area contributed by atoms with Crippen LogP contribution in [0.3, 0.4) is 0 Å². The molecule has 0 aromatic carbocycles. The SMILES string of the molecule is CCOC(C)C1C=CC(OCCCOC23CC4CC5CC(OC(=O)C(CC(C)C)C(C)(C)CC)(C2)C453)=CC1.